The maximum atomic E-state index is 12.7. The third-order valence-corrected chi connectivity index (χ3v) is 3.79. The van der Waals surface area contributed by atoms with Gasteiger partial charge in [0, 0.05) is 13.1 Å². The van der Waals surface area contributed by atoms with E-state index in [0.717, 1.165) is 12.1 Å². The van der Waals surface area contributed by atoms with E-state index in [1.165, 1.54) is 17.0 Å². The summed E-state index contributed by atoms with van der Waals surface area (Å²) in [5.41, 5.74) is 4.78. The number of alkyl halides is 3. The Kier molecular flexibility index (Phi) is 4.73. The Morgan fingerprint density at radius 2 is 2.05 bits per heavy atom. The van der Waals surface area contributed by atoms with Gasteiger partial charge >= 0.3 is 6.18 Å². The summed E-state index contributed by atoms with van der Waals surface area (Å²) in [7, 11) is 0. The molecule has 1 aromatic rings. The summed E-state index contributed by atoms with van der Waals surface area (Å²) in [5, 5.41) is 0. The number of carbonyl (C=O) groups is 2. The van der Waals surface area contributed by atoms with Gasteiger partial charge in [-0.15, -0.1) is 0 Å². The van der Waals surface area contributed by atoms with Crippen LogP contribution >= 0.6 is 0 Å². The van der Waals surface area contributed by atoms with E-state index in [1.54, 1.807) is 0 Å². The van der Waals surface area contributed by atoms with Crippen LogP contribution < -0.4 is 5.73 Å². The summed E-state index contributed by atoms with van der Waals surface area (Å²) in [4.78, 5) is 24.9. The fourth-order valence-corrected chi connectivity index (χ4v) is 2.58. The van der Waals surface area contributed by atoms with Gasteiger partial charge in [0.2, 0.25) is 11.8 Å². The van der Waals surface area contributed by atoms with Gasteiger partial charge < -0.3 is 10.6 Å². The zero-order valence-electron chi connectivity index (χ0n) is 11.9. The summed E-state index contributed by atoms with van der Waals surface area (Å²) in [6, 6.07) is 4.72. The van der Waals surface area contributed by atoms with E-state index in [1.807, 2.05) is 0 Å². The maximum absolute atomic E-state index is 12.7. The fraction of sp³-hybridized carbons (Fsp3) is 0.467. The summed E-state index contributed by atoms with van der Waals surface area (Å²) >= 11 is 0. The fourth-order valence-electron chi connectivity index (χ4n) is 2.58. The molecule has 1 heterocycles. The minimum atomic E-state index is -4.43. The Morgan fingerprint density at radius 3 is 2.68 bits per heavy atom. The number of primary amides is 1. The van der Waals surface area contributed by atoms with Gasteiger partial charge in [0.1, 0.15) is 0 Å². The van der Waals surface area contributed by atoms with Crippen molar-refractivity contribution in [3.63, 3.8) is 0 Å². The van der Waals surface area contributed by atoms with Crippen molar-refractivity contribution in [1.82, 2.24) is 4.90 Å². The number of likely N-dealkylation sites (tertiary alicyclic amines) is 1. The van der Waals surface area contributed by atoms with Crippen LogP contribution in [-0.2, 0) is 22.2 Å². The van der Waals surface area contributed by atoms with E-state index in [2.05, 4.69) is 0 Å². The molecule has 22 heavy (non-hydrogen) atoms. The molecule has 0 saturated carbocycles. The highest BCUT2D eigenvalue weighted by Crippen LogP contribution is 2.29. The Morgan fingerprint density at radius 1 is 1.32 bits per heavy atom. The summed E-state index contributed by atoms with van der Waals surface area (Å²) in [6.07, 6.45) is -3.23. The van der Waals surface area contributed by atoms with Crippen LogP contribution in [0.5, 0.6) is 0 Å². The lowest BCUT2D eigenvalue weighted by Crippen LogP contribution is -2.44. The highest BCUT2D eigenvalue weighted by Gasteiger charge is 2.31. The molecule has 1 aliphatic heterocycles. The van der Waals surface area contributed by atoms with E-state index < -0.39 is 17.6 Å². The third kappa shape index (κ3) is 3.99. The van der Waals surface area contributed by atoms with Crippen LogP contribution in [0.1, 0.15) is 24.0 Å². The highest BCUT2D eigenvalue weighted by molar-refractivity contribution is 5.81. The van der Waals surface area contributed by atoms with Crippen molar-refractivity contribution in [2.75, 3.05) is 13.1 Å². The quantitative estimate of drug-likeness (QED) is 0.927. The van der Waals surface area contributed by atoms with Crippen molar-refractivity contribution >= 4 is 11.8 Å². The number of rotatable bonds is 3. The van der Waals surface area contributed by atoms with Gasteiger partial charge in [-0.1, -0.05) is 18.2 Å². The lowest BCUT2D eigenvalue weighted by Gasteiger charge is -2.31. The first-order valence-corrected chi connectivity index (χ1v) is 7.00. The smallest absolute Gasteiger partial charge is 0.369 e. The maximum Gasteiger partial charge on any atom is 0.416 e. The number of hydrogen-bond acceptors (Lipinski definition) is 2. The van der Waals surface area contributed by atoms with Crippen molar-refractivity contribution < 1.29 is 22.8 Å². The molecule has 0 spiro atoms. The molecule has 0 aromatic heterocycles. The second-order valence-electron chi connectivity index (χ2n) is 5.46. The minimum absolute atomic E-state index is 0.116. The molecule has 120 valence electrons. The normalized spacial score (nSPS) is 19.0. The van der Waals surface area contributed by atoms with Crippen LogP contribution in [-0.4, -0.2) is 29.8 Å². The van der Waals surface area contributed by atoms with Gasteiger partial charge in [0.05, 0.1) is 17.9 Å². The first kappa shape index (κ1) is 16.3. The number of nitrogens with zero attached hydrogens (tertiary/aromatic N) is 1. The molecule has 1 unspecified atom stereocenters. The van der Waals surface area contributed by atoms with Gasteiger partial charge in [0.25, 0.3) is 0 Å². The van der Waals surface area contributed by atoms with Crippen molar-refractivity contribution in [2.24, 2.45) is 11.7 Å². The van der Waals surface area contributed by atoms with Crippen molar-refractivity contribution in [2.45, 2.75) is 25.4 Å². The first-order chi connectivity index (χ1) is 10.3. The van der Waals surface area contributed by atoms with E-state index >= 15 is 0 Å². The molecule has 1 aliphatic rings. The van der Waals surface area contributed by atoms with Crippen LogP contribution in [0, 0.1) is 5.92 Å². The molecule has 1 aromatic carbocycles. The number of carbonyl (C=O) groups excluding carboxylic acids is 2. The molecule has 2 N–H and O–H groups in total. The lowest BCUT2D eigenvalue weighted by molar-refractivity contribution is -0.138. The number of amides is 2. The Hall–Kier alpha value is -2.05. The van der Waals surface area contributed by atoms with Gasteiger partial charge in [-0.25, -0.2) is 0 Å². The second-order valence-corrected chi connectivity index (χ2v) is 5.46. The monoisotopic (exact) mass is 314 g/mol. The average molecular weight is 314 g/mol. The van der Waals surface area contributed by atoms with Crippen LogP contribution in [0.3, 0.4) is 0 Å². The lowest BCUT2D eigenvalue weighted by atomic mass is 9.97. The standard InChI is InChI=1S/C15H17F3N2O2/c16-15(17,18)12-5-1-3-10(7-12)8-13(21)20-6-2-4-11(9-20)14(19)22/h1,3,5,7,11H,2,4,6,8-9H2,(H2,19,22). The van der Waals surface area contributed by atoms with Crippen LogP contribution in [0.15, 0.2) is 24.3 Å². The molecule has 0 aliphatic carbocycles. The molecule has 0 bridgehead atoms. The third-order valence-electron chi connectivity index (χ3n) is 3.79. The van der Waals surface area contributed by atoms with E-state index in [0.29, 0.717) is 24.9 Å². The summed E-state index contributed by atoms with van der Waals surface area (Å²) in [6.45, 7) is 0.745. The number of piperidine rings is 1. The van der Waals surface area contributed by atoms with E-state index in [9.17, 15) is 22.8 Å². The van der Waals surface area contributed by atoms with Gasteiger partial charge in [0.15, 0.2) is 0 Å². The minimum Gasteiger partial charge on any atom is -0.369 e. The van der Waals surface area contributed by atoms with Gasteiger partial charge in [-0.05, 0) is 24.5 Å². The molecular formula is C15H17F3N2O2. The van der Waals surface area contributed by atoms with Crippen molar-refractivity contribution in [3.05, 3.63) is 35.4 Å². The predicted molar refractivity (Wildman–Crippen MR) is 73.6 cm³/mol. The Bertz CT molecular complexity index is 572. The molecule has 7 heteroatoms. The largest absolute Gasteiger partial charge is 0.416 e. The Balaban J connectivity index is 2.04. The number of nitrogens with two attached hydrogens (primary N) is 1. The van der Waals surface area contributed by atoms with Gasteiger partial charge in [-0.3, -0.25) is 9.59 Å². The van der Waals surface area contributed by atoms with Crippen molar-refractivity contribution in [3.8, 4) is 0 Å². The first-order valence-electron chi connectivity index (χ1n) is 7.00. The number of hydrogen-bond donors (Lipinski definition) is 1. The molecule has 2 rings (SSSR count). The summed E-state index contributed by atoms with van der Waals surface area (Å²) in [5.74, 6) is -1.11. The molecule has 1 saturated heterocycles. The molecular weight excluding hydrogens is 297 g/mol. The zero-order chi connectivity index (χ0) is 16.3. The number of benzene rings is 1. The van der Waals surface area contributed by atoms with Crippen molar-refractivity contribution in [1.29, 1.82) is 0 Å². The molecule has 1 fully saturated rings. The zero-order valence-corrected chi connectivity index (χ0v) is 11.9. The number of halogens is 3. The molecule has 2 amide bonds. The molecule has 4 nitrogen and oxygen atoms in total. The van der Waals surface area contributed by atoms with E-state index in [-0.39, 0.29) is 24.8 Å². The van der Waals surface area contributed by atoms with Gasteiger partial charge in [-0.2, -0.15) is 13.2 Å². The molecule has 0 radical (unpaired) electrons. The summed E-state index contributed by atoms with van der Waals surface area (Å²) < 4.78 is 38.0. The SMILES string of the molecule is NC(=O)C1CCCN(C(=O)Cc2cccc(C(F)(F)F)c2)C1. The average Bonchev–Trinajstić information content (AvgIpc) is 2.46. The topological polar surface area (TPSA) is 63.4 Å². The second kappa shape index (κ2) is 6.37. The molecule has 1 atom stereocenters. The van der Waals surface area contributed by atoms with Crippen LogP contribution in [0.2, 0.25) is 0 Å². The van der Waals surface area contributed by atoms with Crippen LogP contribution in [0.25, 0.3) is 0 Å². The predicted octanol–water partition coefficient (Wildman–Crippen LogP) is 1.97. The highest BCUT2D eigenvalue weighted by atomic mass is 19.4. The Labute approximate surface area is 126 Å². The van der Waals surface area contributed by atoms with Crippen LogP contribution in [0.4, 0.5) is 13.2 Å². The van der Waals surface area contributed by atoms with E-state index in [4.69, 9.17) is 5.73 Å².